The maximum absolute atomic E-state index is 10.6. The normalized spacial score (nSPS) is 10.3. The summed E-state index contributed by atoms with van der Waals surface area (Å²) in [6.45, 7) is 0. The molecule has 1 aromatic carbocycles. The van der Waals surface area contributed by atoms with Crippen LogP contribution in [0.1, 0.15) is 10.4 Å². The molecule has 0 atom stereocenters. The second-order valence-electron chi connectivity index (χ2n) is 2.66. The SMILES string of the molecule is CN(O[SH](=O)=O)c1cccc(C(=O)O)c1. The monoisotopic (exact) mass is 231 g/mol. The lowest BCUT2D eigenvalue weighted by Gasteiger charge is -2.14. The van der Waals surface area contributed by atoms with Crippen molar-refractivity contribution in [2.75, 3.05) is 12.1 Å². The highest BCUT2D eigenvalue weighted by Crippen LogP contribution is 2.15. The van der Waals surface area contributed by atoms with Crippen molar-refractivity contribution in [2.45, 2.75) is 0 Å². The topological polar surface area (TPSA) is 83.9 Å². The Bertz CT molecular complexity index is 434. The predicted octanol–water partition coefficient (Wildman–Crippen LogP) is 0.279. The van der Waals surface area contributed by atoms with Gasteiger partial charge in [0.05, 0.1) is 11.3 Å². The minimum absolute atomic E-state index is 0.0593. The van der Waals surface area contributed by atoms with Crippen LogP contribution >= 0.6 is 0 Å². The van der Waals surface area contributed by atoms with Crippen molar-refractivity contribution in [3.63, 3.8) is 0 Å². The van der Waals surface area contributed by atoms with Crippen molar-refractivity contribution < 1.29 is 22.6 Å². The fraction of sp³-hybridized carbons (Fsp3) is 0.125. The molecule has 0 bridgehead atoms. The van der Waals surface area contributed by atoms with Crippen LogP contribution in [0.4, 0.5) is 5.69 Å². The van der Waals surface area contributed by atoms with Crippen LogP contribution < -0.4 is 5.06 Å². The quantitative estimate of drug-likeness (QED) is 0.572. The van der Waals surface area contributed by atoms with Gasteiger partial charge >= 0.3 is 5.97 Å². The first-order valence-corrected chi connectivity index (χ1v) is 5.00. The van der Waals surface area contributed by atoms with E-state index in [0.717, 1.165) is 5.06 Å². The molecular weight excluding hydrogens is 222 g/mol. The van der Waals surface area contributed by atoms with Gasteiger partial charge in [-0.15, -0.1) is 0 Å². The number of nitrogens with zero attached hydrogens (tertiary/aromatic N) is 1. The number of rotatable bonds is 4. The zero-order chi connectivity index (χ0) is 11.4. The molecule has 0 amide bonds. The van der Waals surface area contributed by atoms with Gasteiger partial charge in [0.1, 0.15) is 0 Å². The Hall–Kier alpha value is -1.60. The summed E-state index contributed by atoms with van der Waals surface area (Å²) < 4.78 is 24.9. The van der Waals surface area contributed by atoms with Crippen LogP contribution in [0.3, 0.4) is 0 Å². The molecule has 6 nitrogen and oxygen atoms in total. The van der Waals surface area contributed by atoms with E-state index in [1.54, 1.807) is 0 Å². The van der Waals surface area contributed by atoms with Crippen LogP contribution in [-0.4, -0.2) is 26.5 Å². The number of hydrogen-bond acceptors (Lipinski definition) is 5. The molecule has 0 saturated carbocycles. The zero-order valence-corrected chi connectivity index (χ0v) is 8.68. The number of thiol groups is 1. The largest absolute Gasteiger partial charge is 0.478 e. The molecule has 0 spiro atoms. The number of anilines is 1. The van der Waals surface area contributed by atoms with Gasteiger partial charge < -0.3 is 5.11 Å². The second-order valence-corrected chi connectivity index (χ2v) is 3.27. The molecule has 1 aromatic rings. The summed E-state index contributed by atoms with van der Waals surface area (Å²) in [5.41, 5.74) is 0.401. The highest BCUT2D eigenvalue weighted by molar-refractivity contribution is 7.67. The zero-order valence-electron chi connectivity index (χ0n) is 7.78. The Balaban J connectivity index is 2.94. The molecule has 0 unspecified atom stereocenters. The van der Waals surface area contributed by atoms with Gasteiger partial charge in [-0.2, -0.15) is 4.28 Å². The van der Waals surface area contributed by atoms with Gasteiger partial charge in [0.15, 0.2) is 0 Å². The Labute approximate surface area is 87.8 Å². The molecule has 0 aliphatic heterocycles. The lowest BCUT2D eigenvalue weighted by molar-refractivity contribution is 0.0697. The number of aromatic carboxylic acids is 1. The lowest BCUT2D eigenvalue weighted by Crippen LogP contribution is -2.17. The van der Waals surface area contributed by atoms with E-state index in [2.05, 4.69) is 4.28 Å². The summed E-state index contributed by atoms with van der Waals surface area (Å²) in [6, 6.07) is 5.74. The first kappa shape index (κ1) is 11.5. The van der Waals surface area contributed by atoms with E-state index in [-0.39, 0.29) is 5.56 Å². The van der Waals surface area contributed by atoms with E-state index >= 15 is 0 Å². The third-order valence-electron chi connectivity index (χ3n) is 1.65. The Kier molecular flexibility index (Phi) is 3.64. The smallest absolute Gasteiger partial charge is 0.335 e. The Morgan fingerprint density at radius 2 is 2.13 bits per heavy atom. The summed E-state index contributed by atoms with van der Waals surface area (Å²) in [6.07, 6.45) is 0. The summed E-state index contributed by atoms with van der Waals surface area (Å²) in [7, 11) is -1.64. The van der Waals surface area contributed by atoms with Crippen molar-refractivity contribution >= 4 is 22.6 Å². The number of hydrogen-bond donors (Lipinski definition) is 2. The van der Waals surface area contributed by atoms with Crippen molar-refractivity contribution in [1.82, 2.24) is 0 Å². The van der Waals surface area contributed by atoms with Gasteiger partial charge in [0, 0.05) is 7.05 Å². The molecule has 0 aromatic heterocycles. The number of carboxylic acid groups (broad SMARTS) is 1. The van der Waals surface area contributed by atoms with E-state index in [4.69, 9.17) is 5.11 Å². The van der Waals surface area contributed by atoms with Gasteiger partial charge in [-0.1, -0.05) is 6.07 Å². The summed E-state index contributed by atoms with van der Waals surface area (Å²) in [5, 5.41) is 9.66. The average molecular weight is 231 g/mol. The first-order valence-electron chi connectivity index (χ1n) is 3.90. The van der Waals surface area contributed by atoms with E-state index < -0.39 is 17.0 Å². The fourth-order valence-corrected chi connectivity index (χ4v) is 1.28. The van der Waals surface area contributed by atoms with Gasteiger partial charge in [-0.3, -0.25) is 0 Å². The number of hydroxylamine groups is 1. The fourth-order valence-electron chi connectivity index (χ4n) is 0.982. The number of carboxylic acids is 1. The third-order valence-corrected chi connectivity index (χ3v) is 2.02. The van der Waals surface area contributed by atoms with Gasteiger partial charge in [-0.25, -0.2) is 18.3 Å². The molecule has 0 saturated heterocycles. The predicted molar refractivity (Wildman–Crippen MR) is 53.2 cm³/mol. The molecule has 1 N–H and O–H groups in total. The lowest BCUT2D eigenvalue weighted by atomic mass is 10.2. The minimum Gasteiger partial charge on any atom is -0.478 e. The maximum atomic E-state index is 10.6. The van der Waals surface area contributed by atoms with Crippen LogP contribution in [0.2, 0.25) is 0 Å². The molecule has 0 aliphatic carbocycles. The summed E-state index contributed by atoms with van der Waals surface area (Å²) in [4.78, 5) is 10.6. The molecule has 15 heavy (non-hydrogen) atoms. The van der Waals surface area contributed by atoms with Crippen molar-refractivity contribution in [3.05, 3.63) is 29.8 Å². The molecule has 82 valence electrons. The highest BCUT2D eigenvalue weighted by Gasteiger charge is 2.07. The maximum Gasteiger partial charge on any atom is 0.335 e. The molecule has 0 heterocycles. The first-order chi connectivity index (χ1) is 7.00. The van der Waals surface area contributed by atoms with Crippen LogP contribution in [0.5, 0.6) is 0 Å². The summed E-state index contributed by atoms with van der Waals surface area (Å²) in [5.74, 6) is -1.09. The summed E-state index contributed by atoms with van der Waals surface area (Å²) >= 11 is 0. The number of benzene rings is 1. The Morgan fingerprint density at radius 3 is 2.67 bits per heavy atom. The molecule has 0 radical (unpaired) electrons. The van der Waals surface area contributed by atoms with Crippen molar-refractivity contribution in [3.8, 4) is 0 Å². The molecule has 1 rings (SSSR count). The van der Waals surface area contributed by atoms with E-state index in [9.17, 15) is 13.2 Å². The van der Waals surface area contributed by atoms with E-state index in [1.165, 1.54) is 31.3 Å². The second kappa shape index (κ2) is 4.76. The van der Waals surface area contributed by atoms with Crippen molar-refractivity contribution in [2.24, 2.45) is 0 Å². The van der Waals surface area contributed by atoms with Crippen LogP contribution in [0, 0.1) is 0 Å². The molecule has 0 fully saturated rings. The minimum atomic E-state index is -3.01. The molecule has 0 aliphatic rings. The molecular formula is C8H9NO5S. The number of carbonyl (C=O) groups is 1. The molecule has 7 heteroatoms. The highest BCUT2D eigenvalue weighted by atomic mass is 32.2. The van der Waals surface area contributed by atoms with Gasteiger partial charge in [0.2, 0.25) is 0 Å². The van der Waals surface area contributed by atoms with Crippen LogP contribution in [-0.2, 0) is 15.3 Å². The Morgan fingerprint density at radius 1 is 1.47 bits per heavy atom. The van der Waals surface area contributed by atoms with Gasteiger partial charge in [-0.05, 0) is 18.2 Å². The standard InChI is InChI=1S/C8H9NO5S/c1-9(14-15(12)13)7-4-2-3-6(5-7)8(10)11/h2-5,15H,1H3,(H,10,11). The van der Waals surface area contributed by atoms with Gasteiger partial charge in [0.25, 0.3) is 11.0 Å². The average Bonchev–Trinajstić information content (AvgIpc) is 2.17. The van der Waals surface area contributed by atoms with Crippen molar-refractivity contribution in [1.29, 1.82) is 0 Å². The van der Waals surface area contributed by atoms with Crippen LogP contribution in [0.25, 0.3) is 0 Å². The third kappa shape index (κ3) is 3.22. The van der Waals surface area contributed by atoms with E-state index in [1.807, 2.05) is 0 Å². The van der Waals surface area contributed by atoms with Crippen LogP contribution in [0.15, 0.2) is 24.3 Å². The van der Waals surface area contributed by atoms with E-state index in [0.29, 0.717) is 5.69 Å².